The minimum absolute atomic E-state index is 0.00209. The molecule has 1 atom stereocenters. The highest BCUT2D eigenvalue weighted by atomic mass is 127. The lowest BCUT2D eigenvalue weighted by atomic mass is 9.99. The number of carbonyl (C=O) groups is 3. The fourth-order valence-electron chi connectivity index (χ4n) is 2.91. The van der Waals surface area contributed by atoms with Gasteiger partial charge in [-0.05, 0) is 58.8 Å². The van der Waals surface area contributed by atoms with Crippen LogP contribution < -0.4 is 10.6 Å². The van der Waals surface area contributed by atoms with E-state index in [4.69, 9.17) is 0 Å². The molecule has 3 rings (SSSR count). The van der Waals surface area contributed by atoms with Crippen LogP contribution in [0.5, 0.6) is 0 Å². The molecule has 6 nitrogen and oxygen atoms in total. The quantitative estimate of drug-likeness (QED) is 0.510. The zero-order valence-electron chi connectivity index (χ0n) is 14.5. The first-order valence-electron chi connectivity index (χ1n) is 8.27. The van der Waals surface area contributed by atoms with Crippen LogP contribution in [0.2, 0.25) is 0 Å². The van der Waals surface area contributed by atoms with E-state index in [1.165, 1.54) is 12.1 Å². The fraction of sp³-hybridized carbons (Fsp3) is 0.211. The zero-order valence-corrected chi connectivity index (χ0v) is 16.6. The van der Waals surface area contributed by atoms with E-state index in [9.17, 15) is 18.8 Å². The molecule has 1 saturated heterocycles. The Morgan fingerprint density at radius 1 is 1.30 bits per heavy atom. The molecule has 2 N–H and O–H groups in total. The summed E-state index contributed by atoms with van der Waals surface area (Å²) in [5.74, 6) is -1.69. The van der Waals surface area contributed by atoms with Crippen molar-refractivity contribution >= 4 is 46.1 Å². The number of anilines is 1. The second kappa shape index (κ2) is 8.03. The molecule has 0 spiro atoms. The van der Waals surface area contributed by atoms with E-state index in [-0.39, 0.29) is 18.7 Å². The Hall–Kier alpha value is -2.49. The van der Waals surface area contributed by atoms with Gasteiger partial charge in [-0.25, -0.2) is 14.1 Å². The van der Waals surface area contributed by atoms with Gasteiger partial charge in [0.25, 0.3) is 5.91 Å². The summed E-state index contributed by atoms with van der Waals surface area (Å²) in [7, 11) is 0. The summed E-state index contributed by atoms with van der Waals surface area (Å²) in [6.45, 7) is 1.73. The van der Waals surface area contributed by atoms with Crippen LogP contribution in [0.1, 0.15) is 11.1 Å². The van der Waals surface area contributed by atoms with Crippen LogP contribution >= 0.6 is 22.6 Å². The number of rotatable bonds is 5. The van der Waals surface area contributed by atoms with Gasteiger partial charge in [-0.15, -0.1) is 0 Å². The monoisotopic (exact) mass is 481 g/mol. The molecule has 8 heteroatoms. The van der Waals surface area contributed by atoms with E-state index in [0.717, 1.165) is 16.0 Å². The van der Waals surface area contributed by atoms with E-state index in [0.29, 0.717) is 3.57 Å². The van der Waals surface area contributed by atoms with E-state index in [1.807, 2.05) is 53.8 Å². The van der Waals surface area contributed by atoms with Crippen molar-refractivity contribution in [3.63, 3.8) is 0 Å². The van der Waals surface area contributed by atoms with Gasteiger partial charge in [-0.1, -0.05) is 24.3 Å². The molecule has 1 aliphatic heterocycles. The molecule has 0 aromatic heterocycles. The minimum Gasteiger partial charge on any atom is -0.329 e. The van der Waals surface area contributed by atoms with Gasteiger partial charge in [0, 0.05) is 9.99 Å². The maximum absolute atomic E-state index is 14.1. The molecular formula is C19H17FIN3O3. The normalized spacial score (nSPS) is 14.9. The average Bonchev–Trinajstić information content (AvgIpc) is 2.95. The van der Waals surface area contributed by atoms with E-state index < -0.39 is 29.7 Å². The standard InChI is InChI=1S/C19H17FIN3O3/c1-11-4-2-3-5-12(11)8-16(24-17(25)10-22-19(24)27)18(26)23-15-7-6-13(21)9-14(15)20/h2-7,9,16H,8,10H2,1H3,(H,22,27)(H,23,26)/t16-/m0/s1. The highest BCUT2D eigenvalue weighted by molar-refractivity contribution is 14.1. The second-order valence-corrected chi connectivity index (χ2v) is 7.43. The van der Waals surface area contributed by atoms with Crippen molar-refractivity contribution in [3.8, 4) is 0 Å². The molecule has 1 aliphatic rings. The maximum atomic E-state index is 14.1. The number of benzene rings is 2. The molecule has 0 radical (unpaired) electrons. The topological polar surface area (TPSA) is 78.5 Å². The van der Waals surface area contributed by atoms with Crippen LogP contribution in [0, 0.1) is 16.3 Å². The van der Waals surface area contributed by atoms with Crippen molar-refractivity contribution in [1.82, 2.24) is 10.2 Å². The summed E-state index contributed by atoms with van der Waals surface area (Å²) < 4.78 is 14.8. The van der Waals surface area contributed by atoms with Crippen LogP contribution in [-0.4, -0.2) is 35.3 Å². The third-order valence-electron chi connectivity index (χ3n) is 4.36. The Labute approximate surface area is 169 Å². The molecule has 0 bridgehead atoms. The molecule has 2 aromatic rings. The molecule has 2 aromatic carbocycles. The smallest absolute Gasteiger partial charge is 0.325 e. The van der Waals surface area contributed by atoms with Gasteiger partial charge in [-0.2, -0.15) is 0 Å². The predicted molar refractivity (Wildman–Crippen MR) is 107 cm³/mol. The summed E-state index contributed by atoms with van der Waals surface area (Å²) in [5.41, 5.74) is 1.76. The maximum Gasteiger partial charge on any atom is 0.325 e. The van der Waals surface area contributed by atoms with Gasteiger partial charge < -0.3 is 10.6 Å². The number of nitrogens with zero attached hydrogens (tertiary/aromatic N) is 1. The number of hydrogen-bond donors (Lipinski definition) is 2. The number of imide groups is 1. The van der Waals surface area contributed by atoms with E-state index in [2.05, 4.69) is 10.6 Å². The van der Waals surface area contributed by atoms with Crippen LogP contribution in [0.3, 0.4) is 0 Å². The summed E-state index contributed by atoms with van der Waals surface area (Å²) in [6.07, 6.45) is 0.143. The van der Waals surface area contributed by atoms with Crippen molar-refractivity contribution in [2.45, 2.75) is 19.4 Å². The van der Waals surface area contributed by atoms with Crippen LogP contribution in [0.25, 0.3) is 0 Å². The van der Waals surface area contributed by atoms with Crippen molar-refractivity contribution in [3.05, 3.63) is 63.0 Å². The lowest BCUT2D eigenvalue weighted by Gasteiger charge is -2.25. The van der Waals surface area contributed by atoms with E-state index in [1.54, 1.807) is 6.07 Å². The fourth-order valence-corrected chi connectivity index (χ4v) is 3.36. The Morgan fingerprint density at radius 2 is 2.04 bits per heavy atom. The van der Waals surface area contributed by atoms with Gasteiger partial charge in [0.05, 0.1) is 12.2 Å². The van der Waals surface area contributed by atoms with Gasteiger partial charge in [-0.3, -0.25) is 9.59 Å². The van der Waals surface area contributed by atoms with Gasteiger partial charge in [0.1, 0.15) is 11.9 Å². The molecular weight excluding hydrogens is 464 g/mol. The van der Waals surface area contributed by atoms with Crippen molar-refractivity contribution in [2.24, 2.45) is 0 Å². The lowest BCUT2D eigenvalue weighted by molar-refractivity contribution is -0.132. The summed E-state index contributed by atoms with van der Waals surface area (Å²) in [6, 6.07) is 10.1. The van der Waals surface area contributed by atoms with Crippen LogP contribution in [-0.2, 0) is 16.0 Å². The Morgan fingerprint density at radius 3 is 2.67 bits per heavy atom. The predicted octanol–water partition coefficient (Wildman–Crippen LogP) is 2.84. The number of amides is 4. The highest BCUT2D eigenvalue weighted by Gasteiger charge is 2.39. The molecule has 0 saturated carbocycles. The first kappa shape index (κ1) is 19.3. The Balaban J connectivity index is 1.91. The lowest BCUT2D eigenvalue weighted by Crippen LogP contribution is -2.49. The van der Waals surface area contributed by atoms with Crippen molar-refractivity contribution in [1.29, 1.82) is 0 Å². The SMILES string of the molecule is Cc1ccccc1C[C@@H](C(=O)Nc1ccc(I)cc1F)N1C(=O)CNC1=O. The van der Waals surface area contributed by atoms with Crippen molar-refractivity contribution < 1.29 is 18.8 Å². The number of hydrogen-bond acceptors (Lipinski definition) is 3. The molecule has 1 fully saturated rings. The van der Waals surface area contributed by atoms with Gasteiger partial charge in [0.15, 0.2) is 0 Å². The third kappa shape index (κ3) is 4.26. The summed E-state index contributed by atoms with van der Waals surface area (Å²) in [4.78, 5) is 38.1. The second-order valence-electron chi connectivity index (χ2n) is 6.18. The summed E-state index contributed by atoms with van der Waals surface area (Å²) >= 11 is 1.97. The average molecular weight is 481 g/mol. The van der Waals surface area contributed by atoms with Crippen molar-refractivity contribution in [2.75, 3.05) is 11.9 Å². The molecule has 27 heavy (non-hydrogen) atoms. The minimum atomic E-state index is -1.08. The third-order valence-corrected chi connectivity index (χ3v) is 5.03. The van der Waals surface area contributed by atoms with Gasteiger partial charge in [0.2, 0.25) is 5.91 Å². The number of urea groups is 1. The molecule has 4 amide bonds. The number of aryl methyl sites for hydroxylation is 1. The van der Waals surface area contributed by atoms with Crippen LogP contribution in [0.15, 0.2) is 42.5 Å². The van der Waals surface area contributed by atoms with E-state index >= 15 is 0 Å². The molecule has 1 heterocycles. The Bertz CT molecular complexity index is 903. The van der Waals surface area contributed by atoms with Gasteiger partial charge >= 0.3 is 6.03 Å². The largest absolute Gasteiger partial charge is 0.329 e. The molecule has 0 aliphatic carbocycles. The number of carbonyl (C=O) groups excluding carboxylic acids is 3. The summed E-state index contributed by atoms with van der Waals surface area (Å²) in [5, 5.41) is 4.92. The first-order valence-corrected chi connectivity index (χ1v) is 9.35. The number of nitrogens with one attached hydrogen (secondary N) is 2. The first-order chi connectivity index (χ1) is 12.9. The van der Waals surface area contributed by atoms with Crippen LogP contribution in [0.4, 0.5) is 14.9 Å². The highest BCUT2D eigenvalue weighted by Crippen LogP contribution is 2.20. The zero-order chi connectivity index (χ0) is 19.6. The number of halogens is 2. The molecule has 140 valence electrons. The Kier molecular flexibility index (Phi) is 5.73. The molecule has 0 unspecified atom stereocenters.